The summed E-state index contributed by atoms with van der Waals surface area (Å²) in [5.41, 5.74) is 2.55. The van der Waals surface area contributed by atoms with Crippen LogP contribution < -0.4 is 0 Å². The largest absolute Gasteiger partial charge is 0.481 e. The molecule has 0 aliphatic heterocycles. The number of benzene rings is 1. The van der Waals surface area contributed by atoms with Crippen LogP contribution in [0.1, 0.15) is 42.3 Å². The molecule has 1 heterocycles. The van der Waals surface area contributed by atoms with Gasteiger partial charge in [0.2, 0.25) is 0 Å². The standard InChI is InChI=1S/C13H14N4O2/c1-8(6-12(18)19)17-13(14-15-16-17)11-7-9-4-2-3-5-10(9)11/h2-5,8,11H,6-7H2,1H3,(H,18,19). The third-order valence-electron chi connectivity index (χ3n) is 3.57. The topological polar surface area (TPSA) is 80.9 Å². The van der Waals surface area contributed by atoms with Gasteiger partial charge in [-0.1, -0.05) is 24.3 Å². The smallest absolute Gasteiger partial charge is 0.305 e. The molecule has 1 aromatic carbocycles. The third-order valence-corrected chi connectivity index (χ3v) is 3.57. The second-order valence-corrected chi connectivity index (χ2v) is 4.88. The molecule has 0 saturated heterocycles. The van der Waals surface area contributed by atoms with Gasteiger partial charge in [-0.15, -0.1) is 5.10 Å². The fourth-order valence-electron chi connectivity index (χ4n) is 2.57. The highest BCUT2D eigenvalue weighted by atomic mass is 16.4. The summed E-state index contributed by atoms with van der Waals surface area (Å²) in [5, 5.41) is 20.6. The minimum absolute atomic E-state index is 0.0202. The van der Waals surface area contributed by atoms with Gasteiger partial charge in [0.15, 0.2) is 5.82 Å². The minimum atomic E-state index is -0.844. The number of tetrazole rings is 1. The summed E-state index contributed by atoms with van der Waals surface area (Å²) < 4.78 is 1.63. The fourth-order valence-corrected chi connectivity index (χ4v) is 2.57. The SMILES string of the molecule is CC(CC(=O)O)n1nnnc1C1Cc2ccccc21. The summed E-state index contributed by atoms with van der Waals surface area (Å²) >= 11 is 0. The predicted octanol–water partition coefficient (Wildman–Crippen LogP) is 1.40. The molecular formula is C13H14N4O2. The maximum Gasteiger partial charge on any atom is 0.305 e. The van der Waals surface area contributed by atoms with Crippen molar-refractivity contribution >= 4 is 5.97 Å². The number of rotatable bonds is 4. The molecule has 0 radical (unpaired) electrons. The second-order valence-electron chi connectivity index (χ2n) is 4.88. The van der Waals surface area contributed by atoms with E-state index >= 15 is 0 Å². The Hall–Kier alpha value is -2.24. The van der Waals surface area contributed by atoms with Crippen LogP contribution in [0.4, 0.5) is 0 Å². The van der Waals surface area contributed by atoms with Crippen molar-refractivity contribution in [2.75, 3.05) is 0 Å². The summed E-state index contributed by atoms with van der Waals surface area (Å²) in [6.07, 6.45) is 0.933. The number of nitrogens with zero attached hydrogens (tertiary/aromatic N) is 4. The van der Waals surface area contributed by atoms with Gasteiger partial charge in [0.25, 0.3) is 0 Å². The van der Waals surface area contributed by atoms with Crippen molar-refractivity contribution in [2.24, 2.45) is 0 Å². The number of carbonyl (C=O) groups is 1. The molecule has 1 N–H and O–H groups in total. The fraction of sp³-hybridized carbons (Fsp3) is 0.385. The monoisotopic (exact) mass is 258 g/mol. The molecule has 2 unspecified atom stereocenters. The van der Waals surface area contributed by atoms with E-state index in [4.69, 9.17) is 5.11 Å². The number of hydrogen-bond acceptors (Lipinski definition) is 4. The molecule has 2 atom stereocenters. The van der Waals surface area contributed by atoms with Gasteiger partial charge in [0.1, 0.15) is 0 Å². The average Bonchev–Trinajstić information content (AvgIpc) is 2.79. The van der Waals surface area contributed by atoms with Crippen molar-refractivity contribution in [3.63, 3.8) is 0 Å². The van der Waals surface area contributed by atoms with Gasteiger partial charge >= 0.3 is 5.97 Å². The normalized spacial score (nSPS) is 18.5. The van der Waals surface area contributed by atoms with Crippen molar-refractivity contribution in [1.82, 2.24) is 20.2 Å². The molecular weight excluding hydrogens is 244 g/mol. The van der Waals surface area contributed by atoms with E-state index in [1.54, 1.807) is 4.68 Å². The maximum absolute atomic E-state index is 10.8. The first-order valence-electron chi connectivity index (χ1n) is 6.24. The lowest BCUT2D eigenvalue weighted by Crippen LogP contribution is -2.24. The van der Waals surface area contributed by atoms with E-state index in [2.05, 4.69) is 27.7 Å². The highest BCUT2D eigenvalue weighted by molar-refractivity contribution is 5.67. The molecule has 98 valence electrons. The Morgan fingerprint density at radius 3 is 3.05 bits per heavy atom. The van der Waals surface area contributed by atoms with E-state index in [0.717, 1.165) is 12.2 Å². The zero-order valence-electron chi connectivity index (χ0n) is 10.5. The molecule has 6 nitrogen and oxygen atoms in total. The lowest BCUT2D eigenvalue weighted by Gasteiger charge is -2.29. The van der Waals surface area contributed by atoms with Gasteiger partial charge in [0.05, 0.1) is 18.4 Å². The van der Waals surface area contributed by atoms with Gasteiger partial charge in [0, 0.05) is 0 Å². The van der Waals surface area contributed by atoms with E-state index in [-0.39, 0.29) is 18.4 Å². The Labute approximate surface area is 110 Å². The van der Waals surface area contributed by atoms with Gasteiger partial charge in [-0.3, -0.25) is 4.79 Å². The maximum atomic E-state index is 10.8. The van der Waals surface area contributed by atoms with Gasteiger partial charge in [-0.05, 0) is 34.9 Å². The predicted molar refractivity (Wildman–Crippen MR) is 66.8 cm³/mol. The Bertz CT molecular complexity index is 623. The first-order chi connectivity index (χ1) is 9.16. The second kappa shape index (κ2) is 4.46. The molecule has 1 aromatic heterocycles. The first kappa shape index (κ1) is 11.8. The zero-order chi connectivity index (χ0) is 13.4. The lowest BCUT2D eigenvalue weighted by atomic mass is 9.77. The van der Waals surface area contributed by atoms with Crippen molar-refractivity contribution in [2.45, 2.75) is 31.7 Å². The quantitative estimate of drug-likeness (QED) is 0.896. The Kier molecular flexibility index (Phi) is 2.77. The van der Waals surface area contributed by atoms with Crippen LogP contribution in [0.15, 0.2) is 24.3 Å². The van der Waals surface area contributed by atoms with Gasteiger partial charge in [-0.25, -0.2) is 4.68 Å². The van der Waals surface area contributed by atoms with Gasteiger partial charge < -0.3 is 5.11 Å². The van der Waals surface area contributed by atoms with Crippen LogP contribution in [0, 0.1) is 0 Å². The molecule has 0 fully saturated rings. The van der Waals surface area contributed by atoms with E-state index in [9.17, 15) is 4.79 Å². The summed E-state index contributed by atoms with van der Waals surface area (Å²) in [7, 11) is 0. The van der Waals surface area contributed by atoms with Crippen LogP contribution in [0.5, 0.6) is 0 Å². The van der Waals surface area contributed by atoms with Crippen LogP contribution >= 0.6 is 0 Å². The summed E-state index contributed by atoms with van der Waals surface area (Å²) in [6, 6.07) is 7.95. The molecule has 0 spiro atoms. The van der Waals surface area contributed by atoms with E-state index in [1.807, 2.05) is 19.1 Å². The van der Waals surface area contributed by atoms with Crippen LogP contribution in [-0.2, 0) is 11.2 Å². The number of hydrogen-bond donors (Lipinski definition) is 1. The molecule has 2 aromatic rings. The van der Waals surface area contributed by atoms with E-state index in [1.165, 1.54) is 11.1 Å². The van der Waals surface area contributed by atoms with Crippen LogP contribution in [-0.4, -0.2) is 31.3 Å². The Balaban J connectivity index is 1.88. The summed E-state index contributed by atoms with van der Waals surface area (Å²) in [6.45, 7) is 1.82. The number of fused-ring (bicyclic) bond motifs is 1. The van der Waals surface area contributed by atoms with Gasteiger partial charge in [-0.2, -0.15) is 0 Å². The summed E-state index contributed by atoms with van der Waals surface area (Å²) in [5.74, 6) is 0.0952. The lowest BCUT2D eigenvalue weighted by molar-refractivity contribution is -0.137. The molecule has 1 aliphatic carbocycles. The first-order valence-corrected chi connectivity index (χ1v) is 6.24. The minimum Gasteiger partial charge on any atom is -0.481 e. The average molecular weight is 258 g/mol. The highest BCUT2D eigenvalue weighted by Crippen LogP contribution is 2.39. The van der Waals surface area contributed by atoms with Crippen molar-refractivity contribution in [1.29, 1.82) is 0 Å². The summed E-state index contributed by atoms with van der Waals surface area (Å²) in [4.78, 5) is 10.8. The number of carboxylic acids is 1. The van der Waals surface area contributed by atoms with Crippen LogP contribution in [0.2, 0.25) is 0 Å². The Morgan fingerprint density at radius 1 is 1.53 bits per heavy atom. The third kappa shape index (κ3) is 1.99. The number of carboxylic acid groups (broad SMARTS) is 1. The number of aromatic nitrogens is 4. The van der Waals surface area contributed by atoms with Crippen molar-refractivity contribution < 1.29 is 9.90 Å². The molecule has 19 heavy (non-hydrogen) atoms. The molecule has 6 heteroatoms. The van der Waals surface area contributed by atoms with Crippen LogP contribution in [0.3, 0.4) is 0 Å². The van der Waals surface area contributed by atoms with E-state index in [0.29, 0.717) is 0 Å². The molecule has 0 saturated carbocycles. The number of aliphatic carboxylic acids is 1. The molecule has 3 rings (SSSR count). The van der Waals surface area contributed by atoms with Crippen LogP contribution in [0.25, 0.3) is 0 Å². The van der Waals surface area contributed by atoms with E-state index < -0.39 is 5.97 Å². The zero-order valence-corrected chi connectivity index (χ0v) is 10.5. The Morgan fingerprint density at radius 2 is 2.32 bits per heavy atom. The highest BCUT2D eigenvalue weighted by Gasteiger charge is 2.32. The molecule has 0 bridgehead atoms. The van der Waals surface area contributed by atoms with Crippen molar-refractivity contribution in [3.05, 3.63) is 41.2 Å². The molecule has 1 aliphatic rings. The molecule has 0 amide bonds. The van der Waals surface area contributed by atoms with Crippen molar-refractivity contribution in [3.8, 4) is 0 Å².